The molecule has 3 heterocycles. The zero-order valence-electron chi connectivity index (χ0n) is 27.2. The van der Waals surface area contributed by atoms with E-state index in [2.05, 4.69) is 41.3 Å². The van der Waals surface area contributed by atoms with E-state index in [-0.39, 0.29) is 23.3 Å². The van der Waals surface area contributed by atoms with Crippen molar-refractivity contribution in [2.24, 2.45) is 0 Å². The summed E-state index contributed by atoms with van der Waals surface area (Å²) in [7, 11) is 7.29. The number of rotatable bonds is 8. The summed E-state index contributed by atoms with van der Waals surface area (Å²) in [6.45, 7) is 7.77. The number of carbonyl (C=O) groups excluding carboxylic acids is 2. The number of aromatic nitrogens is 4. The number of imidazole rings is 1. The number of nitrogens with zero attached hydrogens (tertiary/aromatic N) is 7. The van der Waals surface area contributed by atoms with Crippen LogP contribution in [-0.4, -0.2) is 88.5 Å². The Labute approximate surface area is 264 Å². The first kappa shape index (κ1) is 31.7. The number of amides is 2. The molecule has 4 N–H and O–H groups in total. The fourth-order valence-electron chi connectivity index (χ4n) is 5.56. The van der Waals surface area contributed by atoms with Crippen LogP contribution in [0.3, 0.4) is 0 Å². The highest BCUT2D eigenvalue weighted by Gasteiger charge is 2.27. The molecule has 12 heteroatoms. The molecule has 0 spiro atoms. The van der Waals surface area contributed by atoms with Crippen molar-refractivity contribution in [1.29, 1.82) is 0 Å². The molecule has 4 aromatic rings. The lowest BCUT2D eigenvalue weighted by Crippen LogP contribution is -2.48. The molecule has 5 rings (SSSR count). The zero-order chi connectivity index (χ0) is 32.5. The summed E-state index contributed by atoms with van der Waals surface area (Å²) in [4.78, 5) is 40.8. The molecule has 2 aromatic heterocycles. The highest BCUT2D eigenvalue weighted by Crippen LogP contribution is 2.27. The molecule has 0 bridgehead atoms. The Kier molecular flexibility index (Phi) is 8.96. The quantitative estimate of drug-likeness (QED) is 0.271. The number of nitrogens with two attached hydrogens (primary N) is 1. The Morgan fingerprint density at radius 1 is 1.02 bits per heavy atom. The lowest BCUT2D eigenvalue weighted by molar-refractivity contribution is -0.133. The predicted octanol–water partition coefficient (Wildman–Crippen LogP) is 3.84. The largest absolute Gasteiger partial charge is 0.382 e. The van der Waals surface area contributed by atoms with Crippen molar-refractivity contribution < 1.29 is 9.59 Å². The average molecular weight is 613 g/mol. The summed E-state index contributed by atoms with van der Waals surface area (Å²) in [6.07, 6.45) is 3.29. The van der Waals surface area contributed by atoms with Crippen molar-refractivity contribution in [3.8, 4) is 0 Å². The Morgan fingerprint density at radius 2 is 1.71 bits per heavy atom. The number of hydrogen-bond donors (Lipinski definition) is 3. The molecule has 0 radical (unpaired) electrons. The molecule has 1 unspecified atom stereocenters. The molecule has 1 saturated heterocycles. The second kappa shape index (κ2) is 12.7. The third-order valence-corrected chi connectivity index (χ3v) is 8.11. The van der Waals surface area contributed by atoms with E-state index in [1.807, 2.05) is 67.5 Å². The third kappa shape index (κ3) is 7.01. The molecule has 45 heavy (non-hydrogen) atoms. The summed E-state index contributed by atoms with van der Waals surface area (Å²) >= 11 is 0. The van der Waals surface area contributed by atoms with Gasteiger partial charge < -0.3 is 26.2 Å². The molecule has 2 atom stereocenters. The van der Waals surface area contributed by atoms with Gasteiger partial charge in [0, 0.05) is 44.5 Å². The van der Waals surface area contributed by atoms with Crippen LogP contribution in [0.15, 0.2) is 54.7 Å². The second-order valence-electron chi connectivity index (χ2n) is 13.1. The van der Waals surface area contributed by atoms with Crippen molar-refractivity contribution in [1.82, 2.24) is 34.7 Å². The van der Waals surface area contributed by atoms with Gasteiger partial charge in [-0.3, -0.25) is 14.5 Å². The van der Waals surface area contributed by atoms with Crippen molar-refractivity contribution >= 4 is 40.7 Å². The van der Waals surface area contributed by atoms with E-state index < -0.39 is 6.04 Å². The molecule has 0 saturated carbocycles. The highest BCUT2D eigenvalue weighted by molar-refractivity contribution is 5.94. The van der Waals surface area contributed by atoms with Crippen LogP contribution < -0.4 is 21.3 Å². The van der Waals surface area contributed by atoms with Gasteiger partial charge in [-0.25, -0.2) is 4.98 Å². The van der Waals surface area contributed by atoms with Crippen LogP contribution in [0.1, 0.15) is 61.1 Å². The topological polar surface area (TPSA) is 137 Å². The highest BCUT2D eigenvalue weighted by atomic mass is 16.2. The van der Waals surface area contributed by atoms with E-state index in [0.717, 1.165) is 30.6 Å². The van der Waals surface area contributed by atoms with Gasteiger partial charge in [-0.05, 0) is 67.7 Å². The van der Waals surface area contributed by atoms with E-state index >= 15 is 0 Å². The number of carbonyl (C=O) groups is 2. The third-order valence-electron chi connectivity index (χ3n) is 8.11. The van der Waals surface area contributed by atoms with Crippen molar-refractivity contribution in [3.63, 3.8) is 0 Å². The van der Waals surface area contributed by atoms with Gasteiger partial charge in [0.1, 0.15) is 11.9 Å². The molecular weight excluding hydrogens is 568 g/mol. The van der Waals surface area contributed by atoms with Gasteiger partial charge in [-0.15, -0.1) is 5.10 Å². The van der Waals surface area contributed by atoms with Gasteiger partial charge in [0.15, 0.2) is 11.5 Å². The predicted molar refractivity (Wildman–Crippen MR) is 178 cm³/mol. The fourth-order valence-corrected chi connectivity index (χ4v) is 5.56. The van der Waals surface area contributed by atoms with Crippen LogP contribution in [0.25, 0.3) is 5.65 Å². The maximum absolute atomic E-state index is 13.1. The van der Waals surface area contributed by atoms with Crippen LogP contribution in [0.4, 0.5) is 23.3 Å². The van der Waals surface area contributed by atoms with Crippen LogP contribution in [-0.2, 0) is 10.2 Å². The van der Waals surface area contributed by atoms with Crippen molar-refractivity contribution in [2.45, 2.75) is 51.1 Å². The lowest BCUT2D eigenvalue weighted by Gasteiger charge is -2.33. The van der Waals surface area contributed by atoms with Gasteiger partial charge in [-0.1, -0.05) is 45.0 Å². The molecule has 1 fully saturated rings. The minimum atomic E-state index is -0.395. The molecule has 0 aliphatic carbocycles. The van der Waals surface area contributed by atoms with Crippen LogP contribution in [0, 0.1) is 0 Å². The molecule has 1 aliphatic rings. The fraction of sp³-hybridized carbons (Fsp3) is 0.424. The number of piperidine rings is 1. The maximum Gasteiger partial charge on any atom is 0.251 e. The van der Waals surface area contributed by atoms with Gasteiger partial charge in [0.25, 0.3) is 5.91 Å². The summed E-state index contributed by atoms with van der Waals surface area (Å²) in [6, 6.07) is 15.1. The molecule has 1 aliphatic heterocycles. The van der Waals surface area contributed by atoms with Crippen LogP contribution in [0.2, 0.25) is 0 Å². The monoisotopic (exact) mass is 612 g/mol. The summed E-state index contributed by atoms with van der Waals surface area (Å²) < 4.78 is 1.58. The van der Waals surface area contributed by atoms with E-state index in [0.29, 0.717) is 35.3 Å². The molecular formula is C33H44N10O2. The zero-order valence-corrected chi connectivity index (χ0v) is 27.2. The number of benzene rings is 2. The number of likely N-dealkylation sites (N-methyl/N-ethyl adjacent to an activating group) is 2. The molecule has 12 nitrogen and oxygen atoms in total. The number of anilines is 4. The van der Waals surface area contributed by atoms with Crippen LogP contribution in [0.5, 0.6) is 0 Å². The number of nitrogens with one attached hydrogen (secondary N) is 2. The van der Waals surface area contributed by atoms with Gasteiger partial charge in [-0.2, -0.15) is 9.50 Å². The minimum absolute atomic E-state index is 0.00480. The van der Waals surface area contributed by atoms with Crippen LogP contribution >= 0.6 is 0 Å². The van der Waals surface area contributed by atoms with Gasteiger partial charge >= 0.3 is 0 Å². The normalized spacial score (nSPS) is 16.1. The lowest BCUT2D eigenvalue weighted by atomic mass is 9.86. The summed E-state index contributed by atoms with van der Waals surface area (Å²) in [5.41, 5.74) is 10.2. The van der Waals surface area contributed by atoms with E-state index in [1.165, 1.54) is 5.56 Å². The Hall–Kier alpha value is -4.71. The van der Waals surface area contributed by atoms with E-state index in [1.54, 1.807) is 29.7 Å². The first-order valence-corrected chi connectivity index (χ1v) is 15.2. The second-order valence-corrected chi connectivity index (χ2v) is 13.1. The standard InChI is InChI=1S/C33H44N10O2/c1-33(2,3)23-14-10-22(11-15-23)30(44)37-25-9-8-18-42(20-25)32-38-28(29-35-19-26(34)43(29)39-32)36-24-16-12-21(13-17-24)27(40(4)5)31(45)41(6)7/h10-17,19,25,27H,8-9,18,20,34H2,1-7H3,(H,37,44)(H,36,38,39)/t25-,27?/m0/s1. The molecule has 2 aromatic carbocycles. The van der Waals surface area contributed by atoms with Gasteiger partial charge in [0.05, 0.1) is 6.20 Å². The van der Waals surface area contributed by atoms with E-state index in [9.17, 15) is 9.59 Å². The van der Waals surface area contributed by atoms with E-state index in [4.69, 9.17) is 15.8 Å². The SMILES string of the molecule is CN(C)C(=O)C(c1ccc(Nc2nc(N3CCC[C@H](NC(=O)c4ccc(C(C)(C)C)cc4)C3)nn3c(N)cnc23)cc1)N(C)C. The Bertz CT molecular complexity index is 1660. The smallest absolute Gasteiger partial charge is 0.251 e. The first-order valence-electron chi connectivity index (χ1n) is 15.2. The first-order chi connectivity index (χ1) is 21.3. The Morgan fingerprint density at radius 3 is 2.33 bits per heavy atom. The van der Waals surface area contributed by atoms with Crippen molar-refractivity contribution in [2.75, 3.05) is 57.2 Å². The number of nitrogen functional groups attached to an aromatic ring is 1. The Balaban J connectivity index is 1.34. The minimum Gasteiger partial charge on any atom is -0.382 e. The molecule has 2 amide bonds. The van der Waals surface area contributed by atoms with Gasteiger partial charge in [0.2, 0.25) is 11.9 Å². The molecule has 238 valence electrons. The summed E-state index contributed by atoms with van der Waals surface area (Å²) in [5, 5.41) is 11.3. The summed E-state index contributed by atoms with van der Waals surface area (Å²) in [5.74, 6) is 1.30. The van der Waals surface area contributed by atoms with Crippen molar-refractivity contribution in [3.05, 3.63) is 71.4 Å². The maximum atomic E-state index is 13.1. The number of hydrogen-bond acceptors (Lipinski definition) is 9. The number of fused-ring (bicyclic) bond motifs is 1. The average Bonchev–Trinajstić information content (AvgIpc) is 3.38.